The summed E-state index contributed by atoms with van der Waals surface area (Å²) in [4.78, 5) is 27.6. The van der Waals surface area contributed by atoms with E-state index in [4.69, 9.17) is 11.6 Å². The third kappa shape index (κ3) is 5.46. The Bertz CT molecular complexity index is 878. The monoisotopic (exact) mass is 416 g/mol. The van der Waals surface area contributed by atoms with Gasteiger partial charge >= 0.3 is 0 Å². The number of nitro benzene ring substituents is 1. The van der Waals surface area contributed by atoms with Gasteiger partial charge in [0, 0.05) is 62.6 Å². The van der Waals surface area contributed by atoms with Crippen molar-refractivity contribution in [2.75, 3.05) is 32.1 Å². The maximum atomic E-state index is 12.8. The van der Waals surface area contributed by atoms with Crippen molar-refractivity contribution in [3.05, 3.63) is 68.7 Å². The Morgan fingerprint density at radius 2 is 1.86 bits per heavy atom. The lowest BCUT2D eigenvalue weighted by atomic mass is 10.0. The van der Waals surface area contributed by atoms with Gasteiger partial charge < -0.3 is 10.2 Å². The van der Waals surface area contributed by atoms with E-state index in [-0.39, 0.29) is 17.6 Å². The van der Waals surface area contributed by atoms with Crippen LogP contribution in [0.3, 0.4) is 0 Å². The third-order valence-electron chi connectivity index (χ3n) is 5.16. The van der Waals surface area contributed by atoms with E-state index in [2.05, 4.69) is 10.2 Å². The first-order valence-electron chi connectivity index (χ1n) is 9.57. The van der Waals surface area contributed by atoms with Crippen LogP contribution in [0.2, 0.25) is 5.02 Å². The molecule has 1 aliphatic rings. The molecule has 8 heteroatoms. The molecule has 7 nitrogen and oxygen atoms in total. The maximum absolute atomic E-state index is 12.8. The van der Waals surface area contributed by atoms with Crippen LogP contribution in [0.15, 0.2) is 42.5 Å². The maximum Gasteiger partial charge on any atom is 0.270 e. The number of carbonyl (C=O) groups is 1. The van der Waals surface area contributed by atoms with Crippen LogP contribution in [0, 0.1) is 10.1 Å². The van der Waals surface area contributed by atoms with E-state index in [1.165, 1.54) is 17.7 Å². The number of nitrogens with zero attached hydrogens (tertiary/aromatic N) is 3. The molecule has 1 N–H and O–H groups in total. The highest BCUT2D eigenvalue weighted by Gasteiger charge is 2.24. The number of piperidine rings is 1. The Hall–Kier alpha value is -2.64. The van der Waals surface area contributed by atoms with Gasteiger partial charge in [-0.15, -0.1) is 0 Å². The second-order valence-corrected chi connectivity index (χ2v) is 7.94. The molecule has 1 fully saturated rings. The van der Waals surface area contributed by atoms with Crippen LogP contribution in [-0.4, -0.2) is 49.0 Å². The molecule has 2 aromatic rings. The topological polar surface area (TPSA) is 78.7 Å². The Morgan fingerprint density at radius 1 is 1.21 bits per heavy atom. The molecule has 1 amide bonds. The molecule has 1 aliphatic heterocycles. The van der Waals surface area contributed by atoms with Crippen molar-refractivity contribution < 1.29 is 9.72 Å². The second kappa shape index (κ2) is 9.24. The second-order valence-electron chi connectivity index (χ2n) is 7.50. The number of halogens is 1. The molecule has 154 valence electrons. The Morgan fingerprint density at radius 3 is 2.45 bits per heavy atom. The van der Waals surface area contributed by atoms with Crippen molar-refractivity contribution in [1.29, 1.82) is 0 Å². The van der Waals surface area contributed by atoms with Gasteiger partial charge in [0.1, 0.15) is 0 Å². The van der Waals surface area contributed by atoms with Gasteiger partial charge in [-0.25, -0.2) is 0 Å². The summed E-state index contributed by atoms with van der Waals surface area (Å²) in [5.41, 5.74) is 2.11. The molecule has 0 atom stereocenters. The van der Waals surface area contributed by atoms with Crippen LogP contribution in [0.4, 0.5) is 11.4 Å². The van der Waals surface area contributed by atoms with E-state index >= 15 is 0 Å². The minimum atomic E-state index is -0.481. The number of benzene rings is 2. The van der Waals surface area contributed by atoms with Crippen molar-refractivity contribution in [3.8, 4) is 0 Å². The largest absolute Gasteiger partial charge is 0.377 e. The van der Waals surface area contributed by atoms with Crippen LogP contribution >= 0.6 is 11.6 Å². The summed E-state index contributed by atoms with van der Waals surface area (Å²) in [6.07, 6.45) is 1.68. The molecule has 0 spiro atoms. The van der Waals surface area contributed by atoms with E-state index in [1.807, 2.05) is 38.4 Å². The fourth-order valence-corrected chi connectivity index (χ4v) is 3.68. The highest BCUT2D eigenvalue weighted by Crippen LogP contribution is 2.25. The number of hydrogen-bond acceptors (Lipinski definition) is 5. The molecule has 1 saturated heterocycles. The van der Waals surface area contributed by atoms with Crippen molar-refractivity contribution >= 4 is 28.9 Å². The number of nitrogens with one attached hydrogen (secondary N) is 1. The van der Waals surface area contributed by atoms with Crippen molar-refractivity contribution in [2.45, 2.75) is 25.4 Å². The van der Waals surface area contributed by atoms with E-state index < -0.39 is 4.92 Å². The lowest BCUT2D eigenvalue weighted by Crippen LogP contribution is -2.44. The number of likely N-dealkylation sites (tertiary alicyclic amines) is 1. The Balaban J connectivity index is 1.60. The molecule has 0 saturated carbocycles. The number of rotatable bonds is 6. The predicted octanol–water partition coefficient (Wildman–Crippen LogP) is 3.71. The molecule has 3 rings (SSSR count). The molecule has 29 heavy (non-hydrogen) atoms. The van der Waals surface area contributed by atoms with E-state index in [0.717, 1.165) is 37.5 Å². The Kier molecular flexibility index (Phi) is 6.71. The smallest absolute Gasteiger partial charge is 0.270 e. The van der Waals surface area contributed by atoms with Gasteiger partial charge in [-0.05, 0) is 36.6 Å². The average molecular weight is 417 g/mol. The van der Waals surface area contributed by atoms with Gasteiger partial charge in [0.25, 0.3) is 11.6 Å². The standard InChI is InChI=1S/C21H25ClN4O3/c1-24(2)20-8-7-18(26(28)29)13-19(20)21(27)23-17-9-11-25(12-10-17)14-15-3-5-16(22)6-4-15/h3-8,13,17H,9-12,14H2,1-2H3,(H,23,27). The fourth-order valence-electron chi connectivity index (χ4n) is 3.56. The summed E-state index contributed by atoms with van der Waals surface area (Å²) >= 11 is 5.94. The zero-order chi connectivity index (χ0) is 21.0. The average Bonchev–Trinajstić information content (AvgIpc) is 2.70. The SMILES string of the molecule is CN(C)c1ccc([N+](=O)[O-])cc1C(=O)NC1CCN(Cc2ccc(Cl)cc2)CC1. The number of anilines is 1. The number of amides is 1. The van der Waals surface area contributed by atoms with Crippen molar-refractivity contribution in [2.24, 2.45) is 0 Å². The molecule has 0 bridgehead atoms. The molecule has 0 aromatic heterocycles. The quantitative estimate of drug-likeness (QED) is 0.573. The summed E-state index contributed by atoms with van der Waals surface area (Å²) in [7, 11) is 3.63. The molecule has 2 aromatic carbocycles. The Labute approximate surface area is 175 Å². The van der Waals surface area contributed by atoms with Crippen LogP contribution < -0.4 is 10.2 Å². The summed E-state index contributed by atoms with van der Waals surface area (Å²) in [5, 5.41) is 14.9. The van der Waals surface area contributed by atoms with Crippen LogP contribution in [0.25, 0.3) is 0 Å². The summed E-state index contributed by atoms with van der Waals surface area (Å²) in [6, 6.07) is 12.3. The molecule has 1 heterocycles. The number of carbonyl (C=O) groups excluding carboxylic acids is 1. The molecule has 0 aliphatic carbocycles. The summed E-state index contributed by atoms with van der Waals surface area (Å²) < 4.78 is 0. The van der Waals surface area contributed by atoms with Crippen molar-refractivity contribution in [3.63, 3.8) is 0 Å². The van der Waals surface area contributed by atoms with E-state index in [9.17, 15) is 14.9 Å². The highest BCUT2D eigenvalue weighted by atomic mass is 35.5. The molecular formula is C21H25ClN4O3. The minimum absolute atomic E-state index is 0.0539. The number of nitro groups is 1. The lowest BCUT2D eigenvalue weighted by molar-refractivity contribution is -0.384. The van der Waals surface area contributed by atoms with Gasteiger partial charge in [-0.3, -0.25) is 19.8 Å². The van der Waals surface area contributed by atoms with E-state index in [0.29, 0.717) is 11.3 Å². The zero-order valence-corrected chi connectivity index (χ0v) is 17.4. The third-order valence-corrected chi connectivity index (χ3v) is 5.41. The highest BCUT2D eigenvalue weighted by molar-refractivity contribution is 6.30. The minimum Gasteiger partial charge on any atom is -0.377 e. The lowest BCUT2D eigenvalue weighted by Gasteiger charge is -2.32. The predicted molar refractivity (Wildman–Crippen MR) is 115 cm³/mol. The van der Waals surface area contributed by atoms with Crippen LogP contribution in [0.5, 0.6) is 0 Å². The summed E-state index contributed by atoms with van der Waals surface area (Å²) in [6.45, 7) is 2.61. The van der Waals surface area contributed by atoms with Crippen molar-refractivity contribution in [1.82, 2.24) is 10.2 Å². The number of non-ortho nitro benzene ring substituents is 1. The van der Waals surface area contributed by atoms with Gasteiger partial charge in [0.05, 0.1) is 10.5 Å². The first-order valence-corrected chi connectivity index (χ1v) is 9.94. The van der Waals surface area contributed by atoms with Crippen LogP contribution in [-0.2, 0) is 6.54 Å². The first kappa shape index (κ1) is 21.1. The summed E-state index contributed by atoms with van der Waals surface area (Å²) in [5.74, 6) is -0.270. The number of hydrogen-bond donors (Lipinski definition) is 1. The normalized spacial score (nSPS) is 15.1. The van der Waals surface area contributed by atoms with Gasteiger partial charge in [-0.2, -0.15) is 0 Å². The van der Waals surface area contributed by atoms with Gasteiger partial charge in [-0.1, -0.05) is 23.7 Å². The molecular weight excluding hydrogens is 392 g/mol. The van der Waals surface area contributed by atoms with Gasteiger partial charge in [0.2, 0.25) is 0 Å². The van der Waals surface area contributed by atoms with E-state index in [1.54, 1.807) is 11.0 Å². The van der Waals surface area contributed by atoms with Gasteiger partial charge in [0.15, 0.2) is 0 Å². The molecule has 0 radical (unpaired) electrons. The van der Waals surface area contributed by atoms with Crippen LogP contribution in [0.1, 0.15) is 28.8 Å². The zero-order valence-electron chi connectivity index (χ0n) is 16.6. The molecule has 0 unspecified atom stereocenters. The first-order chi connectivity index (χ1) is 13.8. The fraction of sp³-hybridized carbons (Fsp3) is 0.381.